The number of hydrogen-bond donors (Lipinski definition) is 2. The van der Waals surface area contributed by atoms with Crippen molar-refractivity contribution in [3.63, 3.8) is 0 Å². The Morgan fingerprint density at radius 1 is 1.32 bits per heavy atom. The lowest BCUT2D eigenvalue weighted by atomic mass is 9.77. The summed E-state index contributed by atoms with van der Waals surface area (Å²) in [6.07, 6.45) is 8.03. The summed E-state index contributed by atoms with van der Waals surface area (Å²) in [7, 11) is 0. The van der Waals surface area contributed by atoms with Gasteiger partial charge in [0.15, 0.2) is 0 Å². The SMILES string of the molecule is CCNC(C)(CN1CCC[C@H]2CCCC[C@H]21)C(N)=O. The van der Waals surface area contributed by atoms with E-state index in [0.717, 1.165) is 25.6 Å². The number of rotatable bonds is 5. The molecule has 0 bridgehead atoms. The van der Waals surface area contributed by atoms with E-state index >= 15 is 0 Å². The standard InChI is InChI=1S/C15H29N3O/c1-3-17-15(2,14(16)19)11-18-10-6-8-12-7-4-5-9-13(12)18/h12-13,17H,3-11H2,1-2H3,(H2,16,19)/t12-,13-,15?/m1/s1. The molecular formula is C15H29N3O. The minimum absolute atomic E-state index is 0.229. The van der Waals surface area contributed by atoms with Gasteiger partial charge >= 0.3 is 0 Å². The highest BCUT2D eigenvalue weighted by Gasteiger charge is 2.39. The molecule has 1 aliphatic carbocycles. The Kier molecular flexibility index (Phi) is 4.85. The molecular weight excluding hydrogens is 238 g/mol. The molecule has 0 aromatic rings. The Morgan fingerprint density at radius 3 is 2.68 bits per heavy atom. The van der Waals surface area contributed by atoms with Crippen LogP contribution in [0, 0.1) is 5.92 Å². The molecule has 0 spiro atoms. The molecule has 3 N–H and O–H groups in total. The number of amides is 1. The highest BCUT2D eigenvalue weighted by molar-refractivity contribution is 5.84. The molecule has 2 fully saturated rings. The molecule has 110 valence electrons. The van der Waals surface area contributed by atoms with Crippen LogP contribution in [0.3, 0.4) is 0 Å². The number of likely N-dealkylation sites (N-methyl/N-ethyl adjacent to an activating group) is 1. The molecule has 0 radical (unpaired) electrons. The second-order valence-corrected chi connectivity index (χ2v) is 6.45. The summed E-state index contributed by atoms with van der Waals surface area (Å²) in [5.74, 6) is 0.619. The number of fused-ring (bicyclic) bond motifs is 1. The first kappa shape index (κ1) is 14.8. The van der Waals surface area contributed by atoms with Gasteiger partial charge in [0.1, 0.15) is 5.54 Å². The van der Waals surface area contributed by atoms with E-state index in [0.29, 0.717) is 6.04 Å². The van der Waals surface area contributed by atoms with Gasteiger partial charge in [-0.1, -0.05) is 19.8 Å². The summed E-state index contributed by atoms with van der Waals surface area (Å²) in [6, 6.07) is 0.680. The van der Waals surface area contributed by atoms with Crippen LogP contribution in [0.25, 0.3) is 0 Å². The van der Waals surface area contributed by atoms with Crippen molar-refractivity contribution in [2.24, 2.45) is 11.7 Å². The molecule has 4 nitrogen and oxygen atoms in total. The number of piperidine rings is 1. The molecule has 1 amide bonds. The molecule has 4 heteroatoms. The van der Waals surface area contributed by atoms with Gasteiger partial charge in [0, 0.05) is 12.6 Å². The highest BCUT2D eigenvalue weighted by atomic mass is 16.1. The first-order chi connectivity index (χ1) is 9.07. The summed E-state index contributed by atoms with van der Waals surface area (Å²) < 4.78 is 0. The molecule has 1 aliphatic heterocycles. The van der Waals surface area contributed by atoms with Crippen LogP contribution in [-0.4, -0.2) is 42.0 Å². The van der Waals surface area contributed by atoms with Crippen molar-refractivity contribution < 1.29 is 4.79 Å². The zero-order chi connectivity index (χ0) is 13.9. The fraction of sp³-hybridized carbons (Fsp3) is 0.933. The maximum absolute atomic E-state index is 11.8. The van der Waals surface area contributed by atoms with Crippen molar-refractivity contribution >= 4 is 5.91 Å². The number of nitrogens with one attached hydrogen (secondary N) is 1. The molecule has 0 aromatic heterocycles. The Bertz CT molecular complexity index is 319. The molecule has 2 rings (SSSR count). The second-order valence-electron chi connectivity index (χ2n) is 6.45. The first-order valence-corrected chi connectivity index (χ1v) is 7.86. The number of nitrogens with zero attached hydrogens (tertiary/aromatic N) is 1. The van der Waals surface area contributed by atoms with Crippen LogP contribution >= 0.6 is 0 Å². The normalized spacial score (nSPS) is 31.5. The first-order valence-electron chi connectivity index (χ1n) is 7.86. The predicted octanol–water partition coefficient (Wildman–Crippen LogP) is 1.49. The molecule has 1 saturated carbocycles. The third-order valence-electron chi connectivity index (χ3n) is 4.99. The van der Waals surface area contributed by atoms with Crippen LogP contribution < -0.4 is 11.1 Å². The second kappa shape index (κ2) is 6.23. The number of nitrogens with two attached hydrogens (primary N) is 1. The maximum Gasteiger partial charge on any atom is 0.238 e. The average Bonchev–Trinajstić information content (AvgIpc) is 2.39. The van der Waals surface area contributed by atoms with Gasteiger partial charge < -0.3 is 11.1 Å². The summed E-state index contributed by atoms with van der Waals surface area (Å²) in [5.41, 5.74) is 5.02. The molecule has 19 heavy (non-hydrogen) atoms. The minimum atomic E-state index is -0.589. The van der Waals surface area contributed by atoms with E-state index in [1.54, 1.807) is 0 Å². The van der Waals surface area contributed by atoms with E-state index in [-0.39, 0.29) is 5.91 Å². The van der Waals surface area contributed by atoms with E-state index < -0.39 is 5.54 Å². The van der Waals surface area contributed by atoms with Gasteiger partial charge in [-0.3, -0.25) is 9.69 Å². The number of hydrogen-bond acceptors (Lipinski definition) is 3. The predicted molar refractivity (Wildman–Crippen MR) is 77.8 cm³/mol. The Morgan fingerprint density at radius 2 is 2.00 bits per heavy atom. The summed E-state index contributed by atoms with van der Waals surface area (Å²) in [5, 5.41) is 3.29. The van der Waals surface area contributed by atoms with Crippen molar-refractivity contribution in [1.29, 1.82) is 0 Å². The molecule has 3 atom stereocenters. The Labute approximate surface area is 117 Å². The van der Waals surface area contributed by atoms with Crippen LogP contribution in [0.1, 0.15) is 52.4 Å². The lowest BCUT2D eigenvalue weighted by Crippen LogP contribution is -2.62. The molecule has 1 saturated heterocycles. The molecule has 0 aromatic carbocycles. The smallest absolute Gasteiger partial charge is 0.238 e. The van der Waals surface area contributed by atoms with E-state index in [1.165, 1.54) is 38.5 Å². The number of carbonyl (C=O) groups is 1. The van der Waals surface area contributed by atoms with Crippen LogP contribution in [0.5, 0.6) is 0 Å². The van der Waals surface area contributed by atoms with Crippen LogP contribution in [-0.2, 0) is 4.79 Å². The minimum Gasteiger partial charge on any atom is -0.368 e. The van der Waals surface area contributed by atoms with Crippen molar-refractivity contribution in [1.82, 2.24) is 10.2 Å². The van der Waals surface area contributed by atoms with Gasteiger partial charge in [0.2, 0.25) is 5.91 Å². The van der Waals surface area contributed by atoms with Crippen LogP contribution in [0.2, 0.25) is 0 Å². The van der Waals surface area contributed by atoms with Crippen LogP contribution in [0.15, 0.2) is 0 Å². The Balaban J connectivity index is 2.04. The monoisotopic (exact) mass is 267 g/mol. The van der Waals surface area contributed by atoms with Crippen molar-refractivity contribution in [2.75, 3.05) is 19.6 Å². The van der Waals surface area contributed by atoms with Gasteiger partial charge in [-0.15, -0.1) is 0 Å². The topological polar surface area (TPSA) is 58.4 Å². The van der Waals surface area contributed by atoms with E-state index in [2.05, 4.69) is 10.2 Å². The van der Waals surface area contributed by atoms with Gasteiger partial charge in [-0.05, 0) is 51.6 Å². The van der Waals surface area contributed by atoms with Crippen molar-refractivity contribution in [2.45, 2.75) is 64.0 Å². The summed E-state index contributed by atoms with van der Waals surface area (Å²) in [6.45, 7) is 6.64. The zero-order valence-corrected chi connectivity index (χ0v) is 12.5. The van der Waals surface area contributed by atoms with Crippen molar-refractivity contribution in [3.05, 3.63) is 0 Å². The lowest BCUT2D eigenvalue weighted by Gasteiger charge is -2.47. The highest BCUT2D eigenvalue weighted by Crippen LogP contribution is 2.35. The average molecular weight is 267 g/mol. The third-order valence-corrected chi connectivity index (χ3v) is 4.99. The summed E-state index contributed by atoms with van der Waals surface area (Å²) >= 11 is 0. The van der Waals surface area contributed by atoms with E-state index in [1.807, 2.05) is 13.8 Å². The fourth-order valence-corrected chi connectivity index (χ4v) is 3.94. The number of carbonyl (C=O) groups excluding carboxylic acids is 1. The Hall–Kier alpha value is -0.610. The third kappa shape index (κ3) is 3.29. The number of likely N-dealkylation sites (tertiary alicyclic amines) is 1. The quantitative estimate of drug-likeness (QED) is 0.793. The summed E-state index contributed by atoms with van der Waals surface area (Å²) in [4.78, 5) is 14.3. The fourth-order valence-electron chi connectivity index (χ4n) is 3.94. The van der Waals surface area contributed by atoms with Gasteiger partial charge in [-0.2, -0.15) is 0 Å². The number of primary amides is 1. The van der Waals surface area contributed by atoms with Gasteiger partial charge in [-0.25, -0.2) is 0 Å². The van der Waals surface area contributed by atoms with Gasteiger partial charge in [0.25, 0.3) is 0 Å². The maximum atomic E-state index is 11.8. The molecule has 2 aliphatic rings. The molecule has 1 heterocycles. The lowest BCUT2D eigenvalue weighted by molar-refractivity contribution is -0.125. The van der Waals surface area contributed by atoms with Crippen molar-refractivity contribution in [3.8, 4) is 0 Å². The largest absolute Gasteiger partial charge is 0.368 e. The van der Waals surface area contributed by atoms with E-state index in [9.17, 15) is 4.79 Å². The van der Waals surface area contributed by atoms with E-state index in [4.69, 9.17) is 5.73 Å². The zero-order valence-electron chi connectivity index (χ0n) is 12.5. The molecule has 1 unspecified atom stereocenters. The van der Waals surface area contributed by atoms with Gasteiger partial charge in [0.05, 0.1) is 0 Å². The van der Waals surface area contributed by atoms with Crippen LogP contribution in [0.4, 0.5) is 0 Å².